The molecule has 2 aromatic rings. The molecule has 112 valence electrons. The molecule has 1 aromatic heterocycles. The first-order chi connectivity index (χ1) is 10.2. The maximum Gasteiger partial charge on any atom is 0.145 e. The standard InChI is InChI=1S/C16H20N2O3/c1-21-14-5-2-4-12-13(6-8-17-15(12)14)18-9-3-7-16(20,10-18)11-19/h2,4-6,8,19-20H,3,7,9-11H2,1H3. The number of β-amino-alcohol motifs (C(OH)–C–C–N with tert-alkyl or cyclic N) is 1. The molecule has 5 heteroatoms. The molecule has 0 radical (unpaired) electrons. The van der Waals surface area contributed by atoms with Crippen molar-refractivity contribution < 1.29 is 14.9 Å². The highest BCUT2D eigenvalue weighted by atomic mass is 16.5. The first kappa shape index (κ1) is 14.1. The van der Waals surface area contributed by atoms with Crippen LogP contribution in [0.2, 0.25) is 0 Å². The van der Waals surface area contributed by atoms with Crippen LogP contribution in [0, 0.1) is 0 Å². The number of piperidine rings is 1. The second-order valence-electron chi connectivity index (χ2n) is 5.59. The van der Waals surface area contributed by atoms with Gasteiger partial charge >= 0.3 is 0 Å². The minimum atomic E-state index is -1.02. The van der Waals surface area contributed by atoms with Gasteiger partial charge in [0.1, 0.15) is 16.9 Å². The fraction of sp³-hybridized carbons (Fsp3) is 0.438. The van der Waals surface area contributed by atoms with Crippen LogP contribution < -0.4 is 9.64 Å². The maximum atomic E-state index is 10.4. The predicted octanol–water partition coefficient (Wildman–Crippen LogP) is 1.57. The van der Waals surface area contributed by atoms with Crippen molar-refractivity contribution in [2.45, 2.75) is 18.4 Å². The highest BCUT2D eigenvalue weighted by molar-refractivity contribution is 5.95. The molecular weight excluding hydrogens is 268 g/mol. The molecule has 0 amide bonds. The van der Waals surface area contributed by atoms with E-state index in [1.807, 2.05) is 24.3 Å². The fourth-order valence-corrected chi connectivity index (χ4v) is 3.02. The van der Waals surface area contributed by atoms with Gasteiger partial charge in [0.15, 0.2) is 0 Å². The lowest BCUT2D eigenvalue weighted by Crippen LogP contribution is -2.50. The Morgan fingerprint density at radius 1 is 1.38 bits per heavy atom. The van der Waals surface area contributed by atoms with E-state index in [1.54, 1.807) is 13.3 Å². The Morgan fingerprint density at radius 2 is 2.24 bits per heavy atom. The molecule has 1 atom stereocenters. The average molecular weight is 288 g/mol. The zero-order valence-corrected chi connectivity index (χ0v) is 12.1. The Kier molecular flexibility index (Phi) is 3.69. The minimum Gasteiger partial charge on any atom is -0.494 e. The monoisotopic (exact) mass is 288 g/mol. The summed E-state index contributed by atoms with van der Waals surface area (Å²) in [4.78, 5) is 6.51. The minimum absolute atomic E-state index is 0.212. The Morgan fingerprint density at radius 3 is 3.00 bits per heavy atom. The van der Waals surface area contributed by atoms with Crippen LogP contribution in [0.1, 0.15) is 12.8 Å². The number of methoxy groups -OCH3 is 1. The van der Waals surface area contributed by atoms with Gasteiger partial charge in [0.25, 0.3) is 0 Å². The topological polar surface area (TPSA) is 65.8 Å². The predicted molar refractivity (Wildman–Crippen MR) is 81.8 cm³/mol. The summed E-state index contributed by atoms with van der Waals surface area (Å²) in [5.74, 6) is 0.740. The summed E-state index contributed by atoms with van der Waals surface area (Å²) in [5.41, 5.74) is 0.813. The van der Waals surface area contributed by atoms with Crippen molar-refractivity contribution in [3.63, 3.8) is 0 Å². The molecule has 0 aliphatic carbocycles. The quantitative estimate of drug-likeness (QED) is 0.897. The molecule has 21 heavy (non-hydrogen) atoms. The van der Waals surface area contributed by atoms with Gasteiger partial charge < -0.3 is 19.8 Å². The van der Waals surface area contributed by atoms with Crippen molar-refractivity contribution in [1.82, 2.24) is 4.98 Å². The summed E-state index contributed by atoms with van der Waals surface area (Å²) in [6, 6.07) is 7.78. The summed E-state index contributed by atoms with van der Waals surface area (Å²) in [6.45, 7) is 1.08. The number of nitrogens with zero attached hydrogens (tertiary/aromatic N) is 2. The third kappa shape index (κ3) is 2.54. The molecule has 1 unspecified atom stereocenters. The van der Waals surface area contributed by atoms with Crippen molar-refractivity contribution >= 4 is 16.6 Å². The molecule has 1 aromatic carbocycles. The number of pyridine rings is 1. The van der Waals surface area contributed by atoms with Crippen LogP contribution in [0.5, 0.6) is 5.75 Å². The van der Waals surface area contributed by atoms with Crippen molar-refractivity contribution in [2.75, 3.05) is 31.7 Å². The summed E-state index contributed by atoms with van der Waals surface area (Å²) >= 11 is 0. The second-order valence-corrected chi connectivity index (χ2v) is 5.59. The van der Waals surface area contributed by atoms with Crippen LogP contribution >= 0.6 is 0 Å². The molecule has 1 aliphatic rings. The molecule has 2 heterocycles. The van der Waals surface area contributed by atoms with Gasteiger partial charge in [0.05, 0.1) is 13.7 Å². The van der Waals surface area contributed by atoms with Crippen molar-refractivity contribution in [3.05, 3.63) is 30.5 Å². The SMILES string of the molecule is COc1cccc2c(N3CCCC(O)(CO)C3)ccnc12. The Hall–Kier alpha value is -1.85. The lowest BCUT2D eigenvalue weighted by molar-refractivity contribution is -0.0240. The van der Waals surface area contributed by atoms with E-state index in [4.69, 9.17) is 4.74 Å². The average Bonchev–Trinajstić information content (AvgIpc) is 2.53. The summed E-state index contributed by atoms with van der Waals surface area (Å²) in [5, 5.41) is 20.8. The van der Waals surface area contributed by atoms with Crippen LogP contribution in [-0.4, -0.2) is 47.6 Å². The first-order valence-electron chi connectivity index (χ1n) is 7.17. The van der Waals surface area contributed by atoms with Gasteiger partial charge in [-0.1, -0.05) is 12.1 Å². The molecule has 1 saturated heterocycles. The van der Waals surface area contributed by atoms with E-state index in [1.165, 1.54) is 0 Å². The zero-order valence-electron chi connectivity index (χ0n) is 12.1. The third-order valence-electron chi connectivity index (χ3n) is 4.12. The summed E-state index contributed by atoms with van der Waals surface area (Å²) < 4.78 is 5.36. The summed E-state index contributed by atoms with van der Waals surface area (Å²) in [7, 11) is 1.63. The van der Waals surface area contributed by atoms with Crippen molar-refractivity contribution in [1.29, 1.82) is 0 Å². The van der Waals surface area contributed by atoms with Gasteiger partial charge in [-0.15, -0.1) is 0 Å². The lowest BCUT2D eigenvalue weighted by Gasteiger charge is -2.39. The Labute approximate surface area is 123 Å². The molecule has 1 fully saturated rings. The van der Waals surface area contributed by atoms with Crippen LogP contribution in [-0.2, 0) is 0 Å². The molecule has 2 N–H and O–H groups in total. The van der Waals surface area contributed by atoms with E-state index >= 15 is 0 Å². The molecule has 1 aliphatic heterocycles. The van der Waals surface area contributed by atoms with Gasteiger partial charge in [-0.25, -0.2) is 0 Å². The van der Waals surface area contributed by atoms with Gasteiger partial charge in [0.2, 0.25) is 0 Å². The number of hydrogen-bond donors (Lipinski definition) is 2. The smallest absolute Gasteiger partial charge is 0.145 e. The van der Waals surface area contributed by atoms with E-state index in [0.29, 0.717) is 13.0 Å². The maximum absolute atomic E-state index is 10.4. The third-order valence-corrected chi connectivity index (χ3v) is 4.12. The first-order valence-corrected chi connectivity index (χ1v) is 7.17. The number of fused-ring (bicyclic) bond motifs is 1. The van der Waals surface area contributed by atoms with Crippen molar-refractivity contribution in [2.24, 2.45) is 0 Å². The Bertz CT molecular complexity index is 646. The largest absolute Gasteiger partial charge is 0.494 e. The molecular formula is C16H20N2O3. The molecule has 0 spiro atoms. The van der Waals surface area contributed by atoms with Crippen LogP contribution in [0.25, 0.3) is 10.9 Å². The van der Waals surface area contributed by atoms with Gasteiger partial charge in [0, 0.05) is 30.4 Å². The van der Waals surface area contributed by atoms with E-state index in [9.17, 15) is 10.2 Å². The summed E-state index contributed by atoms with van der Waals surface area (Å²) in [6.07, 6.45) is 3.24. The lowest BCUT2D eigenvalue weighted by atomic mass is 9.93. The molecule has 0 bridgehead atoms. The second kappa shape index (κ2) is 5.50. The van der Waals surface area contributed by atoms with E-state index in [0.717, 1.165) is 35.3 Å². The molecule has 5 nitrogen and oxygen atoms in total. The highest BCUT2D eigenvalue weighted by Crippen LogP contribution is 2.33. The van der Waals surface area contributed by atoms with Gasteiger partial charge in [-0.2, -0.15) is 0 Å². The number of para-hydroxylation sites is 1. The number of hydrogen-bond acceptors (Lipinski definition) is 5. The number of aromatic nitrogens is 1. The number of anilines is 1. The van der Waals surface area contributed by atoms with Crippen LogP contribution in [0.4, 0.5) is 5.69 Å². The van der Waals surface area contributed by atoms with E-state index in [2.05, 4.69) is 9.88 Å². The molecule has 3 rings (SSSR count). The van der Waals surface area contributed by atoms with Crippen LogP contribution in [0.3, 0.4) is 0 Å². The van der Waals surface area contributed by atoms with Gasteiger partial charge in [-0.05, 0) is 25.0 Å². The van der Waals surface area contributed by atoms with E-state index in [-0.39, 0.29) is 6.61 Å². The van der Waals surface area contributed by atoms with E-state index < -0.39 is 5.60 Å². The number of aliphatic hydroxyl groups is 2. The van der Waals surface area contributed by atoms with Crippen molar-refractivity contribution in [3.8, 4) is 5.75 Å². The van der Waals surface area contributed by atoms with Gasteiger partial charge in [-0.3, -0.25) is 4.98 Å². The number of ether oxygens (including phenoxy) is 1. The Balaban J connectivity index is 2.04. The fourth-order valence-electron chi connectivity index (χ4n) is 3.02. The molecule has 0 saturated carbocycles. The van der Waals surface area contributed by atoms with Crippen LogP contribution in [0.15, 0.2) is 30.5 Å². The number of rotatable bonds is 3. The highest BCUT2D eigenvalue weighted by Gasteiger charge is 2.33. The zero-order chi connectivity index (χ0) is 14.9. The number of aliphatic hydroxyl groups excluding tert-OH is 1. The number of benzene rings is 1. The normalized spacial score (nSPS) is 22.5.